The number of aryl methyl sites for hydroxylation is 3. The zero-order valence-electron chi connectivity index (χ0n) is 27.0. The Kier molecular flexibility index (Phi) is 6.30. The molecule has 1 aliphatic carbocycles. The number of fused-ring (bicyclic) bond motifs is 8. The maximum atomic E-state index is 2.62. The molecule has 2 heterocycles. The van der Waals surface area contributed by atoms with Crippen molar-refractivity contribution in [1.29, 1.82) is 0 Å². The Hall–Kier alpha value is -5.60. The van der Waals surface area contributed by atoms with E-state index in [1.807, 2.05) is 0 Å². The second-order valence-electron chi connectivity index (χ2n) is 13.5. The molecule has 2 heteroatoms. The number of nitrogens with zero attached hydrogens (tertiary/aromatic N) is 2. The highest BCUT2D eigenvalue weighted by molar-refractivity contribution is 6.26. The Morgan fingerprint density at radius 3 is 1.44 bits per heavy atom. The highest BCUT2D eigenvalue weighted by Gasteiger charge is 2.28. The lowest BCUT2D eigenvalue weighted by molar-refractivity contribution is 0.874. The van der Waals surface area contributed by atoms with Crippen LogP contribution in [0.4, 0.5) is 28.4 Å². The first kappa shape index (κ1) is 27.5. The van der Waals surface area contributed by atoms with Gasteiger partial charge in [0, 0.05) is 33.5 Å². The fraction of sp³-hybridized carbons (Fsp3) is 0.130. The molecule has 0 fully saturated rings. The highest BCUT2D eigenvalue weighted by atomic mass is 15.2. The average Bonchev–Trinajstić information content (AvgIpc) is 3.42. The molecular weight excluding hydrogens is 581 g/mol. The van der Waals surface area contributed by atoms with Crippen molar-refractivity contribution in [3.63, 3.8) is 0 Å². The van der Waals surface area contributed by atoms with Crippen LogP contribution in [0.2, 0.25) is 0 Å². The molecule has 0 bridgehead atoms. The van der Waals surface area contributed by atoms with E-state index in [2.05, 4.69) is 155 Å². The third-order valence-electron chi connectivity index (χ3n) is 10.8. The number of rotatable bonds is 2. The van der Waals surface area contributed by atoms with E-state index in [0.717, 1.165) is 38.5 Å². The summed E-state index contributed by atoms with van der Waals surface area (Å²) in [7, 11) is 0. The van der Waals surface area contributed by atoms with Crippen LogP contribution < -0.4 is 9.80 Å². The first-order chi connectivity index (χ1) is 23.8. The molecule has 0 spiro atoms. The van der Waals surface area contributed by atoms with E-state index in [4.69, 9.17) is 0 Å². The SMILES string of the molecule is C1=CC2=C(CC1)N(c1cc3cc(N4c5ccccc5CCc5ccccc54)c4ccccc4c3c3ccccc13)c1ccccc1CC2. The third kappa shape index (κ3) is 4.19. The van der Waals surface area contributed by atoms with Gasteiger partial charge in [0.2, 0.25) is 0 Å². The first-order valence-electron chi connectivity index (χ1n) is 17.4. The zero-order chi connectivity index (χ0) is 31.6. The van der Waals surface area contributed by atoms with Gasteiger partial charge in [-0.2, -0.15) is 0 Å². The maximum absolute atomic E-state index is 2.62. The van der Waals surface area contributed by atoms with Gasteiger partial charge in [-0.1, -0.05) is 115 Å². The number of benzene rings is 7. The number of anilines is 5. The average molecular weight is 617 g/mol. The topological polar surface area (TPSA) is 6.48 Å². The van der Waals surface area contributed by atoms with Gasteiger partial charge in [-0.3, -0.25) is 0 Å². The number of hydrogen-bond acceptors (Lipinski definition) is 2. The Morgan fingerprint density at radius 1 is 0.396 bits per heavy atom. The van der Waals surface area contributed by atoms with Gasteiger partial charge in [-0.05, 0) is 113 Å². The Bertz CT molecular complexity index is 2430. The van der Waals surface area contributed by atoms with E-state index in [1.165, 1.54) is 88.7 Å². The van der Waals surface area contributed by atoms with Gasteiger partial charge in [-0.25, -0.2) is 0 Å². The minimum Gasteiger partial charge on any atom is -0.313 e. The summed E-state index contributed by atoms with van der Waals surface area (Å²) in [5.74, 6) is 0. The van der Waals surface area contributed by atoms with Crippen molar-refractivity contribution in [2.45, 2.75) is 38.5 Å². The van der Waals surface area contributed by atoms with E-state index < -0.39 is 0 Å². The van der Waals surface area contributed by atoms with Crippen LogP contribution in [0.5, 0.6) is 0 Å². The van der Waals surface area contributed by atoms with Crippen LogP contribution >= 0.6 is 0 Å². The molecule has 0 aromatic heterocycles. The van der Waals surface area contributed by atoms with Crippen LogP contribution in [0.3, 0.4) is 0 Å². The number of para-hydroxylation sites is 3. The van der Waals surface area contributed by atoms with Gasteiger partial charge in [0.1, 0.15) is 0 Å². The fourth-order valence-electron chi connectivity index (χ4n) is 8.67. The summed E-state index contributed by atoms with van der Waals surface area (Å²) in [6.45, 7) is 0. The molecule has 2 nitrogen and oxygen atoms in total. The second-order valence-corrected chi connectivity index (χ2v) is 13.5. The van der Waals surface area contributed by atoms with E-state index in [9.17, 15) is 0 Å². The number of allylic oxidation sites excluding steroid dienone is 4. The molecule has 0 unspecified atom stereocenters. The number of hydrogen-bond donors (Lipinski definition) is 0. The van der Waals surface area contributed by atoms with Crippen molar-refractivity contribution in [2.75, 3.05) is 9.80 Å². The lowest BCUT2D eigenvalue weighted by Gasteiger charge is -2.33. The van der Waals surface area contributed by atoms with E-state index in [0.29, 0.717) is 0 Å². The Labute approximate surface area is 281 Å². The smallest absolute Gasteiger partial charge is 0.0546 e. The van der Waals surface area contributed by atoms with Gasteiger partial charge < -0.3 is 9.80 Å². The summed E-state index contributed by atoms with van der Waals surface area (Å²) in [4.78, 5) is 5.16. The van der Waals surface area contributed by atoms with Crippen LogP contribution in [0.1, 0.15) is 36.0 Å². The standard InChI is InChI=1S/C46H36N2/c1-9-21-40-31(13-1)25-26-32-14-2-10-22-41(32)47(40)44-29-35-30-45(37-18-6-8-20-39(37)46(35)38-19-7-5-17-36(38)44)48-42-23-11-3-15-33(42)27-28-34-16-4-12-24-43(34)48/h1-11,13-23,29-30H,12,24-28H2. The van der Waals surface area contributed by atoms with Crippen LogP contribution in [-0.4, -0.2) is 0 Å². The summed E-state index contributed by atoms with van der Waals surface area (Å²) >= 11 is 0. The van der Waals surface area contributed by atoms with Gasteiger partial charge in [0.05, 0.1) is 11.4 Å². The van der Waals surface area contributed by atoms with Crippen molar-refractivity contribution < 1.29 is 0 Å². The van der Waals surface area contributed by atoms with Gasteiger partial charge in [0.25, 0.3) is 0 Å². The molecule has 0 N–H and O–H groups in total. The molecule has 7 aromatic rings. The normalized spacial score (nSPS) is 15.6. The molecule has 0 atom stereocenters. The van der Waals surface area contributed by atoms with Crippen molar-refractivity contribution in [1.82, 2.24) is 0 Å². The predicted molar refractivity (Wildman–Crippen MR) is 203 cm³/mol. The van der Waals surface area contributed by atoms with Crippen LogP contribution in [-0.2, 0) is 19.3 Å². The largest absolute Gasteiger partial charge is 0.313 e. The predicted octanol–water partition coefficient (Wildman–Crippen LogP) is 12.4. The minimum atomic E-state index is 1.03. The van der Waals surface area contributed by atoms with Crippen molar-refractivity contribution in [3.8, 4) is 0 Å². The molecular formula is C46H36N2. The Balaban J connectivity index is 1.32. The second kappa shape index (κ2) is 11.0. The molecule has 7 aromatic carbocycles. The summed E-state index contributed by atoms with van der Waals surface area (Å²) in [5, 5.41) is 7.77. The van der Waals surface area contributed by atoms with Gasteiger partial charge >= 0.3 is 0 Å². The third-order valence-corrected chi connectivity index (χ3v) is 10.8. The maximum Gasteiger partial charge on any atom is 0.0546 e. The first-order valence-corrected chi connectivity index (χ1v) is 17.4. The molecule has 0 saturated heterocycles. The van der Waals surface area contributed by atoms with Crippen molar-refractivity contribution in [3.05, 3.63) is 174 Å². The molecule has 10 rings (SSSR count). The summed E-state index contributed by atoms with van der Waals surface area (Å²) in [6.07, 6.45) is 11.1. The fourth-order valence-corrected chi connectivity index (χ4v) is 8.67. The van der Waals surface area contributed by atoms with Crippen LogP contribution in [0.15, 0.2) is 157 Å². The lowest BCUT2D eigenvalue weighted by atomic mass is 9.92. The van der Waals surface area contributed by atoms with Crippen molar-refractivity contribution >= 4 is 60.8 Å². The minimum absolute atomic E-state index is 1.03. The van der Waals surface area contributed by atoms with Gasteiger partial charge in [0.15, 0.2) is 0 Å². The van der Waals surface area contributed by atoms with E-state index in [-0.39, 0.29) is 0 Å². The molecule has 0 amide bonds. The van der Waals surface area contributed by atoms with Crippen LogP contribution in [0, 0.1) is 0 Å². The molecule has 2 aliphatic heterocycles. The summed E-state index contributed by atoms with van der Waals surface area (Å²) < 4.78 is 0. The van der Waals surface area contributed by atoms with E-state index in [1.54, 1.807) is 0 Å². The monoisotopic (exact) mass is 616 g/mol. The quantitative estimate of drug-likeness (QED) is 0.178. The van der Waals surface area contributed by atoms with Gasteiger partial charge in [-0.15, -0.1) is 0 Å². The molecule has 3 aliphatic rings. The van der Waals surface area contributed by atoms with Crippen molar-refractivity contribution in [2.24, 2.45) is 0 Å². The molecule has 230 valence electrons. The highest BCUT2D eigenvalue weighted by Crippen LogP contribution is 2.50. The summed E-state index contributed by atoms with van der Waals surface area (Å²) in [5.41, 5.74) is 13.5. The molecule has 0 saturated carbocycles. The van der Waals surface area contributed by atoms with Crippen LogP contribution in [0.25, 0.3) is 32.3 Å². The zero-order valence-corrected chi connectivity index (χ0v) is 27.0. The molecule has 48 heavy (non-hydrogen) atoms. The lowest BCUT2D eigenvalue weighted by Crippen LogP contribution is -2.19. The summed E-state index contributed by atoms with van der Waals surface area (Å²) in [6, 6.07) is 50.2. The molecule has 0 radical (unpaired) electrons. The van der Waals surface area contributed by atoms with E-state index >= 15 is 0 Å². The Morgan fingerprint density at radius 2 is 0.854 bits per heavy atom.